The van der Waals surface area contributed by atoms with E-state index in [2.05, 4.69) is 0 Å². The average Bonchev–Trinajstić information content (AvgIpc) is 2.08. The number of hydrogen-bond acceptors (Lipinski definition) is 1. The molecule has 1 nitrogen and oxygen atoms in total. The molecule has 0 aliphatic carbocycles. The second kappa shape index (κ2) is 4.20. The molecule has 0 bridgehead atoms. The number of halogens is 6. The maximum atomic E-state index is 13.0. The van der Waals surface area contributed by atoms with Crippen molar-refractivity contribution in [1.29, 1.82) is 0 Å². The van der Waals surface area contributed by atoms with Gasteiger partial charge in [-0.25, -0.2) is 13.2 Å². The minimum atomic E-state index is -2.41. The number of Topliss-reactive ketones (excluding diaryl/α,β-unsaturated/α-hetero) is 1. The van der Waals surface area contributed by atoms with Crippen LogP contribution in [0.5, 0.6) is 0 Å². The Morgan fingerprint density at radius 2 is 1.47 bits per heavy atom. The Morgan fingerprint density at radius 3 is 1.93 bits per heavy atom. The van der Waals surface area contributed by atoms with Crippen LogP contribution in [0.2, 0.25) is 0 Å². The molecule has 82 valence electrons. The van der Waals surface area contributed by atoms with Gasteiger partial charge in [-0.1, -0.05) is 34.8 Å². The van der Waals surface area contributed by atoms with E-state index in [0.717, 1.165) is 0 Å². The Balaban J connectivity index is 3.28. The molecule has 0 fully saturated rings. The summed E-state index contributed by atoms with van der Waals surface area (Å²) in [5.41, 5.74) is -0.811. The van der Waals surface area contributed by atoms with Gasteiger partial charge in [0.05, 0.1) is 5.56 Å². The van der Waals surface area contributed by atoms with Gasteiger partial charge in [-0.15, -0.1) is 0 Å². The molecule has 0 radical (unpaired) electrons. The van der Waals surface area contributed by atoms with E-state index in [1.807, 2.05) is 0 Å². The molecule has 0 atom stereocenters. The molecular formula is C8H2Cl3F3O. The van der Waals surface area contributed by atoms with Crippen LogP contribution in [0.4, 0.5) is 13.2 Å². The molecule has 0 heterocycles. The lowest BCUT2D eigenvalue weighted by atomic mass is 10.1. The van der Waals surface area contributed by atoms with Crippen LogP contribution in [0.25, 0.3) is 0 Å². The lowest BCUT2D eigenvalue weighted by Crippen LogP contribution is -2.20. The van der Waals surface area contributed by atoms with Gasteiger partial charge in [0.15, 0.2) is 11.6 Å². The number of benzene rings is 1. The minimum Gasteiger partial charge on any atom is -0.289 e. The molecule has 1 aromatic carbocycles. The van der Waals surface area contributed by atoms with Crippen molar-refractivity contribution in [3.63, 3.8) is 0 Å². The zero-order valence-corrected chi connectivity index (χ0v) is 9.10. The van der Waals surface area contributed by atoms with E-state index < -0.39 is 32.6 Å². The normalized spacial score (nSPS) is 11.6. The summed E-state index contributed by atoms with van der Waals surface area (Å²) in [4.78, 5) is 11.2. The van der Waals surface area contributed by atoms with Crippen LogP contribution in [0, 0.1) is 17.5 Å². The standard InChI is InChI=1S/C8H2Cl3F3O/c9-8(10,11)7(15)3-1-5(13)6(14)2-4(3)12/h1-2H. The Morgan fingerprint density at radius 1 is 1.00 bits per heavy atom. The number of alkyl halides is 3. The highest BCUT2D eigenvalue weighted by Gasteiger charge is 2.34. The number of carbonyl (C=O) groups excluding carboxylic acids is 1. The van der Waals surface area contributed by atoms with E-state index >= 15 is 0 Å². The smallest absolute Gasteiger partial charge is 0.253 e. The van der Waals surface area contributed by atoms with Crippen LogP contribution in [-0.2, 0) is 0 Å². The van der Waals surface area contributed by atoms with Crippen molar-refractivity contribution in [3.05, 3.63) is 35.1 Å². The molecular weight excluding hydrogens is 275 g/mol. The van der Waals surface area contributed by atoms with Crippen molar-refractivity contribution >= 4 is 40.6 Å². The van der Waals surface area contributed by atoms with E-state index in [-0.39, 0.29) is 6.07 Å². The van der Waals surface area contributed by atoms with E-state index in [4.69, 9.17) is 34.8 Å². The highest BCUT2D eigenvalue weighted by Crippen LogP contribution is 2.31. The van der Waals surface area contributed by atoms with Crippen molar-refractivity contribution in [2.45, 2.75) is 3.79 Å². The predicted octanol–water partition coefficient (Wildman–Crippen LogP) is 3.66. The van der Waals surface area contributed by atoms with Crippen LogP contribution in [-0.4, -0.2) is 9.58 Å². The van der Waals surface area contributed by atoms with Crippen LogP contribution in [0.1, 0.15) is 10.4 Å². The van der Waals surface area contributed by atoms with Crippen molar-refractivity contribution < 1.29 is 18.0 Å². The Labute approximate surface area is 97.7 Å². The summed E-state index contributed by atoms with van der Waals surface area (Å²) in [6, 6.07) is 0.549. The van der Waals surface area contributed by atoms with Gasteiger partial charge in [0, 0.05) is 6.07 Å². The molecule has 1 aromatic rings. The van der Waals surface area contributed by atoms with Gasteiger partial charge >= 0.3 is 0 Å². The molecule has 0 amide bonds. The Bertz CT molecular complexity index is 414. The second-order valence-corrected chi connectivity index (χ2v) is 4.85. The molecule has 0 spiro atoms. The van der Waals surface area contributed by atoms with Gasteiger partial charge in [-0.2, -0.15) is 0 Å². The summed E-state index contributed by atoms with van der Waals surface area (Å²) in [5.74, 6) is -5.36. The summed E-state index contributed by atoms with van der Waals surface area (Å²) in [5, 5.41) is 0. The first kappa shape index (κ1) is 12.6. The monoisotopic (exact) mass is 276 g/mol. The number of carbonyl (C=O) groups is 1. The summed E-state index contributed by atoms with van der Waals surface area (Å²) in [7, 11) is 0. The zero-order valence-electron chi connectivity index (χ0n) is 6.83. The molecule has 0 N–H and O–H groups in total. The fourth-order valence-corrected chi connectivity index (χ4v) is 1.15. The first-order valence-corrected chi connectivity index (χ1v) is 4.63. The van der Waals surface area contributed by atoms with Crippen molar-refractivity contribution in [2.75, 3.05) is 0 Å². The fourth-order valence-electron chi connectivity index (χ4n) is 0.849. The van der Waals surface area contributed by atoms with Crippen LogP contribution in [0.15, 0.2) is 12.1 Å². The molecule has 7 heteroatoms. The average molecular weight is 277 g/mol. The van der Waals surface area contributed by atoms with Crippen molar-refractivity contribution in [3.8, 4) is 0 Å². The van der Waals surface area contributed by atoms with E-state index in [0.29, 0.717) is 6.07 Å². The minimum absolute atomic E-state index is 0.207. The third-order valence-corrected chi connectivity index (χ3v) is 2.03. The van der Waals surface area contributed by atoms with Gasteiger partial charge in [0.1, 0.15) is 5.82 Å². The molecule has 0 aliphatic heterocycles. The summed E-state index contributed by atoms with van der Waals surface area (Å²) in [6.45, 7) is 0. The number of hydrogen-bond donors (Lipinski definition) is 0. The summed E-state index contributed by atoms with van der Waals surface area (Å²) >= 11 is 15.5. The van der Waals surface area contributed by atoms with Crippen LogP contribution < -0.4 is 0 Å². The Hall–Kier alpha value is -0.450. The third kappa shape index (κ3) is 2.77. The fraction of sp³-hybridized carbons (Fsp3) is 0.125. The second-order valence-electron chi connectivity index (χ2n) is 2.57. The third-order valence-electron chi connectivity index (χ3n) is 1.51. The van der Waals surface area contributed by atoms with Crippen molar-refractivity contribution in [2.24, 2.45) is 0 Å². The quantitative estimate of drug-likeness (QED) is 0.435. The number of rotatable bonds is 1. The van der Waals surface area contributed by atoms with Crippen molar-refractivity contribution in [1.82, 2.24) is 0 Å². The maximum Gasteiger partial charge on any atom is 0.253 e. The lowest BCUT2D eigenvalue weighted by molar-refractivity contribution is 0.0992. The van der Waals surface area contributed by atoms with E-state index in [1.165, 1.54) is 0 Å². The molecule has 0 aliphatic rings. The molecule has 0 saturated carbocycles. The number of ketones is 1. The molecule has 15 heavy (non-hydrogen) atoms. The first-order valence-electron chi connectivity index (χ1n) is 3.49. The summed E-state index contributed by atoms with van der Waals surface area (Å²) in [6.07, 6.45) is 0. The van der Waals surface area contributed by atoms with Gasteiger partial charge < -0.3 is 0 Å². The lowest BCUT2D eigenvalue weighted by Gasteiger charge is -2.10. The van der Waals surface area contributed by atoms with Gasteiger partial charge in [-0.05, 0) is 6.07 Å². The molecule has 1 rings (SSSR count). The Kier molecular flexibility index (Phi) is 3.53. The highest BCUT2D eigenvalue weighted by atomic mass is 35.6. The maximum absolute atomic E-state index is 13.0. The predicted molar refractivity (Wildman–Crippen MR) is 50.9 cm³/mol. The summed E-state index contributed by atoms with van der Waals surface area (Å²) < 4.78 is 35.8. The molecule has 0 saturated heterocycles. The SMILES string of the molecule is O=C(c1cc(F)c(F)cc1F)C(Cl)(Cl)Cl. The molecule has 0 unspecified atom stereocenters. The van der Waals surface area contributed by atoms with Crippen LogP contribution >= 0.6 is 34.8 Å². The van der Waals surface area contributed by atoms with Gasteiger partial charge in [0.25, 0.3) is 3.79 Å². The zero-order chi connectivity index (χ0) is 11.8. The van der Waals surface area contributed by atoms with E-state index in [1.54, 1.807) is 0 Å². The highest BCUT2D eigenvalue weighted by molar-refractivity contribution is 6.77. The molecule has 0 aromatic heterocycles. The van der Waals surface area contributed by atoms with Gasteiger partial charge in [-0.3, -0.25) is 4.79 Å². The van der Waals surface area contributed by atoms with Crippen LogP contribution in [0.3, 0.4) is 0 Å². The van der Waals surface area contributed by atoms with E-state index in [9.17, 15) is 18.0 Å². The topological polar surface area (TPSA) is 17.1 Å². The largest absolute Gasteiger partial charge is 0.289 e. The first-order chi connectivity index (χ1) is 6.73. The van der Waals surface area contributed by atoms with Gasteiger partial charge in [0.2, 0.25) is 5.78 Å².